The first-order chi connectivity index (χ1) is 10.6. The van der Waals surface area contributed by atoms with Gasteiger partial charge in [0.05, 0.1) is 13.7 Å². The zero-order valence-corrected chi connectivity index (χ0v) is 14.0. The van der Waals surface area contributed by atoms with Crippen molar-refractivity contribution in [1.29, 1.82) is 0 Å². The van der Waals surface area contributed by atoms with E-state index in [2.05, 4.69) is 19.2 Å². The van der Waals surface area contributed by atoms with Gasteiger partial charge in [-0.1, -0.05) is 30.7 Å². The van der Waals surface area contributed by atoms with Crippen LogP contribution in [0.2, 0.25) is 5.02 Å². The summed E-state index contributed by atoms with van der Waals surface area (Å²) in [6.07, 6.45) is 0.973. The highest BCUT2D eigenvalue weighted by Crippen LogP contribution is 2.29. The molecule has 0 spiro atoms. The first-order valence-electron chi connectivity index (χ1n) is 7.43. The third kappa shape index (κ3) is 4.31. The van der Waals surface area contributed by atoms with Crippen molar-refractivity contribution < 1.29 is 9.47 Å². The van der Waals surface area contributed by atoms with Crippen molar-refractivity contribution in [2.75, 3.05) is 19.0 Å². The Kier molecular flexibility index (Phi) is 5.96. The van der Waals surface area contributed by atoms with Crippen LogP contribution in [0.15, 0.2) is 36.4 Å². The Morgan fingerprint density at radius 3 is 2.64 bits per heavy atom. The van der Waals surface area contributed by atoms with Gasteiger partial charge in [0, 0.05) is 17.3 Å². The molecule has 0 aliphatic rings. The molecule has 4 heteroatoms. The van der Waals surface area contributed by atoms with Gasteiger partial charge in [-0.15, -0.1) is 0 Å². The van der Waals surface area contributed by atoms with E-state index in [1.54, 1.807) is 7.11 Å². The number of aryl methyl sites for hydroxylation is 1. The first kappa shape index (κ1) is 16.5. The van der Waals surface area contributed by atoms with Crippen LogP contribution in [0.25, 0.3) is 0 Å². The fourth-order valence-electron chi connectivity index (χ4n) is 2.14. The number of rotatable bonds is 7. The highest BCUT2D eigenvalue weighted by Gasteiger charge is 2.06. The minimum atomic E-state index is 0.690. The lowest BCUT2D eigenvalue weighted by molar-refractivity contribution is 0.294. The van der Waals surface area contributed by atoms with Crippen molar-refractivity contribution in [2.24, 2.45) is 0 Å². The molecule has 2 aromatic rings. The minimum Gasteiger partial charge on any atom is -0.493 e. The Labute approximate surface area is 137 Å². The van der Waals surface area contributed by atoms with Crippen LogP contribution in [0.3, 0.4) is 0 Å². The smallest absolute Gasteiger partial charge is 0.161 e. The van der Waals surface area contributed by atoms with Gasteiger partial charge < -0.3 is 14.8 Å². The summed E-state index contributed by atoms with van der Waals surface area (Å²) in [5.41, 5.74) is 3.33. The molecule has 3 nitrogen and oxygen atoms in total. The molecule has 2 rings (SSSR count). The van der Waals surface area contributed by atoms with Crippen LogP contribution in [-0.4, -0.2) is 13.7 Å². The van der Waals surface area contributed by atoms with Gasteiger partial charge in [0.1, 0.15) is 0 Å². The molecule has 118 valence electrons. The van der Waals surface area contributed by atoms with E-state index in [4.69, 9.17) is 21.1 Å². The lowest BCUT2D eigenvalue weighted by Crippen LogP contribution is -2.03. The van der Waals surface area contributed by atoms with E-state index in [1.807, 2.05) is 36.4 Å². The van der Waals surface area contributed by atoms with Crippen LogP contribution in [0.5, 0.6) is 11.5 Å². The lowest BCUT2D eigenvalue weighted by Gasteiger charge is -2.13. The number of nitrogens with one attached hydrogen (secondary N) is 1. The number of methoxy groups -OCH3 is 1. The summed E-state index contributed by atoms with van der Waals surface area (Å²) in [6, 6.07) is 11.8. The molecule has 22 heavy (non-hydrogen) atoms. The van der Waals surface area contributed by atoms with Gasteiger partial charge in [0.2, 0.25) is 0 Å². The Hall–Kier alpha value is -1.87. The molecule has 0 saturated carbocycles. The van der Waals surface area contributed by atoms with E-state index >= 15 is 0 Å². The molecular formula is C18H22ClNO2. The second kappa shape index (κ2) is 7.95. The maximum atomic E-state index is 6.04. The number of benzene rings is 2. The van der Waals surface area contributed by atoms with E-state index in [0.717, 1.165) is 34.2 Å². The number of anilines is 1. The zero-order chi connectivity index (χ0) is 15.9. The molecule has 0 aromatic heterocycles. The SMILES string of the molecule is CCCOc1ccc(CNc2cc(Cl)ccc2C)cc1OC. The van der Waals surface area contributed by atoms with Gasteiger partial charge in [-0.2, -0.15) is 0 Å². The van der Waals surface area contributed by atoms with Crippen LogP contribution < -0.4 is 14.8 Å². The Morgan fingerprint density at radius 2 is 1.91 bits per heavy atom. The first-order valence-corrected chi connectivity index (χ1v) is 7.81. The van der Waals surface area contributed by atoms with Crippen LogP contribution in [-0.2, 0) is 6.54 Å². The molecule has 0 fully saturated rings. The highest BCUT2D eigenvalue weighted by atomic mass is 35.5. The molecule has 0 amide bonds. The molecule has 0 aliphatic carbocycles. The van der Waals surface area contributed by atoms with E-state index in [-0.39, 0.29) is 0 Å². The van der Waals surface area contributed by atoms with E-state index in [0.29, 0.717) is 13.2 Å². The number of ether oxygens (including phenoxy) is 2. The standard InChI is InChI=1S/C18H22ClNO2/c1-4-9-22-17-8-6-14(10-18(17)21-3)12-20-16-11-15(19)7-5-13(16)2/h5-8,10-11,20H,4,9,12H2,1-3H3. The zero-order valence-electron chi connectivity index (χ0n) is 13.3. The van der Waals surface area contributed by atoms with E-state index in [1.165, 1.54) is 5.56 Å². The Balaban J connectivity index is 2.08. The summed E-state index contributed by atoms with van der Waals surface area (Å²) in [4.78, 5) is 0. The quantitative estimate of drug-likeness (QED) is 0.774. The van der Waals surface area contributed by atoms with Crippen LogP contribution >= 0.6 is 11.6 Å². The Morgan fingerprint density at radius 1 is 1.09 bits per heavy atom. The van der Waals surface area contributed by atoms with E-state index < -0.39 is 0 Å². The summed E-state index contributed by atoms with van der Waals surface area (Å²) < 4.78 is 11.1. The second-order valence-electron chi connectivity index (χ2n) is 5.15. The molecule has 1 N–H and O–H groups in total. The highest BCUT2D eigenvalue weighted by molar-refractivity contribution is 6.30. The maximum absolute atomic E-state index is 6.04. The van der Waals surface area contributed by atoms with Crippen molar-refractivity contribution >= 4 is 17.3 Å². The maximum Gasteiger partial charge on any atom is 0.161 e. The van der Waals surface area contributed by atoms with Gasteiger partial charge in [-0.3, -0.25) is 0 Å². The molecule has 0 unspecified atom stereocenters. The number of hydrogen-bond donors (Lipinski definition) is 1. The predicted octanol–water partition coefficient (Wildman–Crippen LogP) is 5.06. The summed E-state index contributed by atoms with van der Waals surface area (Å²) in [7, 11) is 1.66. The summed E-state index contributed by atoms with van der Waals surface area (Å²) in [5, 5.41) is 4.13. The summed E-state index contributed by atoms with van der Waals surface area (Å²) in [5.74, 6) is 1.54. The Bertz CT molecular complexity index is 628. The van der Waals surface area contributed by atoms with Crippen molar-refractivity contribution in [3.63, 3.8) is 0 Å². The molecule has 0 heterocycles. The van der Waals surface area contributed by atoms with E-state index in [9.17, 15) is 0 Å². The lowest BCUT2D eigenvalue weighted by atomic mass is 10.1. The predicted molar refractivity (Wildman–Crippen MR) is 92.3 cm³/mol. The molecule has 0 bridgehead atoms. The topological polar surface area (TPSA) is 30.5 Å². The van der Waals surface area contributed by atoms with Gasteiger partial charge in [0.15, 0.2) is 11.5 Å². The third-order valence-corrected chi connectivity index (χ3v) is 3.61. The molecule has 2 aromatic carbocycles. The van der Waals surface area contributed by atoms with Gasteiger partial charge in [-0.25, -0.2) is 0 Å². The van der Waals surface area contributed by atoms with Crippen molar-refractivity contribution in [3.05, 3.63) is 52.5 Å². The fraction of sp³-hybridized carbons (Fsp3) is 0.333. The van der Waals surface area contributed by atoms with Gasteiger partial charge in [-0.05, 0) is 48.7 Å². The summed E-state index contributed by atoms with van der Waals surface area (Å²) in [6.45, 7) is 5.53. The van der Waals surface area contributed by atoms with Crippen LogP contribution in [0, 0.1) is 6.92 Å². The van der Waals surface area contributed by atoms with Crippen LogP contribution in [0.1, 0.15) is 24.5 Å². The number of hydrogen-bond acceptors (Lipinski definition) is 3. The summed E-state index contributed by atoms with van der Waals surface area (Å²) >= 11 is 6.04. The average Bonchev–Trinajstić information content (AvgIpc) is 2.54. The fourth-order valence-corrected chi connectivity index (χ4v) is 2.31. The van der Waals surface area contributed by atoms with Crippen LogP contribution in [0.4, 0.5) is 5.69 Å². The average molecular weight is 320 g/mol. The normalized spacial score (nSPS) is 10.4. The second-order valence-corrected chi connectivity index (χ2v) is 5.58. The molecule has 0 aliphatic heterocycles. The molecule has 0 atom stereocenters. The minimum absolute atomic E-state index is 0.690. The van der Waals surface area contributed by atoms with Gasteiger partial charge in [0.25, 0.3) is 0 Å². The monoisotopic (exact) mass is 319 g/mol. The van der Waals surface area contributed by atoms with Crippen molar-refractivity contribution in [3.8, 4) is 11.5 Å². The molecular weight excluding hydrogens is 298 g/mol. The molecule has 0 radical (unpaired) electrons. The number of halogens is 1. The van der Waals surface area contributed by atoms with Crippen molar-refractivity contribution in [2.45, 2.75) is 26.8 Å². The third-order valence-electron chi connectivity index (χ3n) is 3.37. The molecule has 0 saturated heterocycles. The van der Waals surface area contributed by atoms with Gasteiger partial charge >= 0.3 is 0 Å². The van der Waals surface area contributed by atoms with Crippen molar-refractivity contribution in [1.82, 2.24) is 0 Å². The largest absolute Gasteiger partial charge is 0.493 e.